The molecule has 1 aliphatic heterocycles. The van der Waals surface area contributed by atoms with Crippen molar-refractivity contribution in [1.82, 2.24) is 14.5 Å². The molecule has 0 fully saturated rings. The predicted octanol–water partition coefficient (Wildman–Crippen LogP) is 3.55. The summed E-state index contributed by atoms with van der Waals surface area (Å²) in [5.74, 6) is 1.61. The normalized spacial score (nSPS) is 14.6. The Bertz CT molecular complexity index is 1260. The van der Waals surface area contributed by atoms with Crippen LogP contribution < -0.4 is 20.3 Å². The Hall–Kier alpha value is -2.91. The molecular formula is C24H28N4O4S. The van der Waals surface area contributed by atoms with Gasteiger partial charge in [-0.2, -0.15) is 0 Å². The number of nitrogens with zero attached hydrogens (tertiary/aromatic N) is 3. The quantitative estimate of drug-likeness (QED) is 0.571. The van der Waals surface area contributed by atoms with Gasteiger partial charge in [-0.3, -0.25) is 19.1 Å². The SMILES string of the molecule is CCN(CC)Cc1nc2sc3c(c2c(=O)n1CC(=O)Nc1ccc2c(c1)OCO2)CCCC3. The Kier molecular flexibility index (Phi) is 6.07. The molecule has 1 aliphatic carbocycles. The Balaban J connectivity index is 1.49. The van der Waals surface area contributed by atoms with Gasteiger partial charge in [-0.25, -0.2) is 4.98 Å². The second-order valence-corrected chi connectivity index (χ2v) is 9.47. The highest BCUT2D eigenvalue weighted by molar-refractivity contribution is 7.18. The molecule has 0 radical (unpaired) electrons. The monoisotopic (exact) mass is 468 g/mol. The van der Waals surface area contributed by atoms with Crippen LogP contribution in [0.4, 0.5) is 5.69 Å². The zero-order valence-corrected chi connectivity index (χ0v) is 19.8. The third-order valence-electron chi connectivity index (χ3n) is 6.37. The maximum atomic E-state index is 13.7. The van der Waals surface area contributed by atoms with Gasteiger partial charge < -0.3 is 14.8 Å². The van der Waals surface area contributed by atoms with E-state index in [1.165, 1.54) is 4.88 Å². The van der Waals surface area contributed by atoms with Crippen LogP contribution in [0.5, 0.6) is 11.5 Å². The molecule has 2 aliphatic rings. The van der Waals surface area contributed by atoms with Crippen LogP contribution in [0.1, 0.15) is 43.0 Å². The second kappa shape index (κ2) is 9.15. The first-order chi connectivity index (χ1) is 16.1. The number of carbonyl (C=O) groups is 1. The number of hydrogen-bond donors (Lipinski definition) is 1. The Morgan fingerprint density at radius 3 is 2.79 bits per heavy atom. The van der Waals surface area contributed by atoms with E-state index in [1.807, 2.05) is 0 Å². The van der Waals surface area contributed by atoms with Gasteiger partial charge in [-0.15, -0.1) is 11.3 Å². The number of nitrogens with one attached hydrogen (secondary N) is 1. The van der Waals surface area contributed by atoms with Crippen LogP contribution in [0, 0.1) is 0 Å². The minimum Gasteiger partial charge on any atom is -0.454 e. The van der Waals surface area contributed by atoms with Crippen LogP contribution >= 0.6 is 11.3 Å². The summed E-state index contributed by atoms with van der Waals surface area (Å²) in [6.45, 7) is 6.47. The largest absolute Gasteiger partial charge is 0.454 e. The first-order valence-corrected chi connectivity index (χ1v) is 12.3. The van der Waals surface area contributed by atoms with Crippen LogP contribution in [-0.2, 0) is 30.7 Å². The number of carbonyl (C=O) groups excluding carboxylic acids is 1. The predicted molar refractivity (Wildman–Crippen MR) is 128 cm³/mol. The van der Waals surface area contributed by atoms with E-state index in [0.717, 1.165) is 49.2 Å². The van der Waals surface area contributed by atoms with Gasteiger partial charge in [0.05, 0.1) is 11.9 Å². The number of benzene rings is 1. The lowest BCUT2D eigenvalue weighted by molar-refractivity contribution is -0.116. The molecule has 0 saturated carbocycles. The van der Waals surface area contributed by atoms with Crippen molar-refractivity contribution in [2.24, 2.45) is 0 Å². The maximum absolute atomic E-state index is 13.7. The highest BCUT2D eigenvalue weighted by atomic mass is 32.1. The zero-order valence-electron chi connectivity index (χ0n) is 19.0. The molecule has 33 heavy (non-hydrogen) atoms. The Morgan fingerprint density at radius 1 is 1.18 bits per heavy atom. The van der Waals surface area contributed by atoms with Crippen molar-refractivity contribution in [1.29, 1.82) is 0 Å². The van der Waals surface area contributed by atoms with Crippen molar-refractivity contribution >= 4 is 33.1 Å². The van der Waals surface area contributed by atoms with Gasteiger partial charge >= 0.3 is 0 Å². The minimum absolute atomic E-state index is 0.0859. The van der Waals surface area contributed by atoms with E-state index in [1.54, 1.807) is 34.1 Å². The fourth-order valence-corrected chi connectivity index (χ4v) is 5.80. The first-order valence-electron chi connectivity index (χ1n) is 11.5. The number of ether oxygens (including phenoxy) is 2. The molecule has 9 heteroatoms. The summed E-state index contributed by atoms with van der Waals surface area (Å²) in [5, 5.41) is 3.59. The number of hydrogen-bond acceptors (Lipinski definition) is 7. The fourth-order valence-electron chi connectivity index (χ4n) is 4.53. The molecule has 174 valence electrons. The minimum atomic E-state index is -0.276. The molecule has 0 atom stereocenters. The van der Waals surface area contributed by atoms with E-state index in [4.69, 9.17) is 14.5 Å². The molecule has 3 aromatic rings. The number of anilines is 1. The van der Waals surface area contributed by atoms with Crippen LogP contribution in [-0.4, -0.2) is 40.2 Å². The average molecular weight is 469 g/mol. The summed E-state index contributed by atoms with van der Waals surface area (Å²) in [6, 6.07) is 5.26. The van der Waals surface area contributed by atoms with E-state index in [2.05, 4.69) is 24.1 Å². The second-order valence-electron chi connectivity index (χ2n) is 8.39. The highest BCUT2D eigenvalue weighted by Crippen LogP contribution is 2.35. The van der Waals surface area contributed by atoms with Gasteiger partial charge in [0.2, 0.25) is 12.7 Å². The summed E-state index contributed by atoms with van der Waals surface area (Å²) in [7, 11) is 0. The molecule has 1 aromatic carbocycles. The van der Waals surface area contributed by atoms with Crippen molar-refractivity contribution in [3.63, 3.8) is 0 Å². The molecule has 5 rings (SSSR count). The molecule has 1 amide bonds. The molecule has 2 aromatic heterocycles. The molecule has 0 saturated heterocycles. The van der Waals surface area contributed by atoms with Gasteiger partial charge in [0.15, 0.2) is 11.5 Å². The van der Waals surface area contributed by atoms with E-state index in [9.17, 15) is 9.59 Å². The Morgan fingerprint density at radius 2 is 1.97 bits per heavy atom. The standard InChI is InChI=1S/C24H28N4O4S/c1-3-27(4-2)12-20-26-23-22(16-7-5-6-8-19(16)33-23)24(30)28(20)13-21(29)25-15-9-10-17-18(11-15)32-14-31-17/h9-11H,3-8,12-14H2,1-2H3,(H,25,29). The average Bonchev–Trinajstić information content (AvgIpc) is 3.43. The number of aromatic nitrogens is 2. The molecule has 0 bridgehead atoms. The lowest BCUT2D eigenvalue weighted by Gasteiger charge is -2.20. The van der Waals surface area contributed by atoms with Crippen molar-refractivity contribution in [2.75, 3.05) is 25.2 Å². The highest BCUT2D eigenvalue weighted by Gasteiger charge is 2.24. The maximum Gasteiger partial charge on any atom is 0.263 e. The smallest absolute Gasteiger partial charge is 0.263 e. The summed E-state index contributed by atoms with van der Waals surface area (Å²) >= 11 is 1.64. The zero-order chi connectivity index (χ0) is 22.9. The van der Waals surface area contributed by atoms with E-state index < -0.39 is 0 Å². The van der Waals surface area contributed by atoms with Gasteiger partial charge in [0.1, 0.15) is 17.2 Å². The number of aryl methyl sites for hydroxylation is 2. The number of amides is 1. The van der Waals surface area contributed by atoms with Gasteiger partial charge in [-0.05, 0) is 56.5 Å². The van der Waals surface area contributed by atoms with Crippen molar-refractivity contribution < 1.29 is 14.3 Å². The summed E-state index contributed by atoms with van der Waals surface area (Å²) in [5.41, 5.74) is 1.63. The third-order valence-corrected chi connectivity index (χ3v) is 7.56. The molecule has 0 unspecified atom stereocenters. The van der Waals surface area contributed by atoms with Crippen LogP contribution in [0.3, 0.4) is 0 Å². The summed E-state index contributed by atoms with van der Waals surface area (Å²) in [4.78, 5) is 35.9. The fraction of sp³-hybridized carbons (Fsp3) is 0.458. The molecule has 8 nitrogen and oxygen atoms in total. The van der Waals surface area contributed by atoms with Gasteiger partial charge in [0, 0.05) is 16.6 Å². The Labute approximate surface area is 196 Å². The van der Waals surface area contributed by atoms with Crippen LogP contribution in [0.25, 0.3) is 10.2 Å². The van der Waals surface area contributed by atoms with Crippen LogP contribution in [0.15, 0.2) is 23.0 Å². The molecule has 3 heterocycles. The van der Waals surface area contributed by atoms with Crippen LogP contribution in [0.2, 0.25) is 0 Å². The van der Waals surface area contributed by atoms with Gasteiger partial charge in [0.25, 0.3) is 5.56 Å². The van der Waals surface area contributed by atoms with Crippen molar-refractivity contribution in [3.05, 3.63) is 44.8 Å². The van der Waals surface area contributed by atoms with Gasteiger partial charge in [-0.1, -0.05) is 13.8 Å². The van der Waals surface area contributed by atoms with E-state index in [-0.39, 0.29) is 24.8 Å². The lowest BCUT2D eigenvalue weighted by atomic mass is 9.97. The van der Waals surface area contributed by atoms with Crippen molar-refractivity contribution in [2.45, 2.75) is 52.6 Å². The van der Waals surface area contributed by atoms with E-state index >= 15 is 0 Å². The lowest BCUT2D eigenvalue weighted by Crippen LogP contribution is -2.34. The van der Waals surface area contributed by atoms with Crippen molar-refractivity contribution in [3.8, 4) is 11.5 Å². The molecular weight excluding hydrogens is 440 g/mol. The van der Waals surface area contributed by atoms with E-state index in [0.29, 0.717) is 34.9 Å². The third kappa shape index (κ3) is 4.22. The topological polar surface area (TPSA) is 85.7 Å². The molecule has 1 N–H and O–H groups in total. The number of fused-ring (bicyclic) bond motifs is 4. The number of thiophene rings is 1. The number of rotatable bonds is 7. The first kappa shape index (κ1) is 21.9. The summed E-state index contributed by atoms with van der Waals surface area (Å²) < 4.78 is 12.3. The molecule has 0 spiro atoms. The summed E-state index contributed by atoms with van der Waals surface area (Å²) in [6.07, 6.45) is 4.15.